The van der Waals surface area contributed by atoms with Gasteiger partial charge in [-0.05, 0) is 33.6 Å². The van der Waals surface area contributed by atoms with E-state index in [1.54, 1.807) is 4.90 Å². The van der Waals surface area contributed by atoms with E-state index in [1.165, 1.54) is 0 Å². The van der Waals surface area contributed by atoms with Crippen molar-refractivity contribution in [2.75, 3.05) is 19.8 Å². The molecule has 0 aromatic carbocycles. The van der Waals surface area contributed by atoms with Crippen LogP contribution in [0, 0.1) is 0 Å². The van der Waals surface area contributed by atoms with Gasteiger partial charge in [-0.3, -0.25) is 0 Å². The van der Waals surface area contributed by atoms with Crippen LogP contribution in [0.15, 0.2) is 6.20 Å². The van der Waals surface area contributed by atoms with Crippen LogP contribution in [0.2, 0.25) is 0 Å². The highest BCUT2D eigenvalue weighted by Gasteiger charge is 2.27. The smallest absolute Gasteiger partial charge is 0.410 e. The van der Waals surface area contributed by atoms with Crippen molar-refractivity contribution in [3.63, 3.8) is 0 Å². The minimum atomic E-state index is -0.471. The molecule has 23 heavy (non-hydrogen) atoms. The molecule has 0 bridgehead atoms. The molecule has 1 amide bonds. The molecule has 6 nitrogen and oxygen atoms in total. The summed E-state index contributed by atoms with van der Waals surface area (Å²) in [5.74, 6) is 1.33. The normalized spacial score (nSPS) is 19.3. The van der Waals surface area contributed by atoms with Crippen LogP contribution in [-0.2, 0) is 22.4 Å². The first-order valence-electron chi connectivity index (χ1n) is 8.33. The van der Waals surface area contributed by atoms with Gasteiger partial charge in [0.25, 0.3) is 0 Å². The van der Waals surface area contributed by atoms with Crippen molar-refractivity contribution in [1.82, 2.24) is 14.9 Å². The number of nitrogens with zero attached hydrogens (tertiary/aromatic N) is 3. The molecular weight excluding hydrogens is 294 g/mol. The van der Waals surface area contributed by atoms with Crippen LogP contribution < -0.4 is 0 Å². The summed E-state index contributed by atoms with van der Waals surface area (Å²) in [7, 11) is 0. The molecule has 2 aliphatic rings. The minimum Gasteiger partial charge on any atom is -0.444 e. The lowest BCUT2D eigenvalue weighted by molar-refractivity contribution is 0.0222. The number of amides is 1. The van der Waals surface area contributed by atoms with Gasteiger partial charge in [0, 0.05) is 43.9 Å². The van der Waals surface area contributed by atoms with Gasteiger partial charge in [-0.1, -0.05) is 0 Å². The molecule has 0 saturated carbocycles. The molecule has 2 aliphatic heterocycles. The summed E-state index contributed by atoms with van der Waals surface area (Å²) in [4.78, 5) is 23.2. The Kier molecular flexibility index (Phi) is 4.53. The molecule has 1 fully saturated rings. The fourth-order valence-corrected chi connectivity index (χ4v) is 2.97. The Bertz CT molecular complexity index is 577. The highest BCUT2D eigenvalue weighted by molar-refractivity contribution is 5.68. The molecule has 3 rings (SSSR count). The Hall–Kier alpha value is -1.69. The molecule has 0 spiro atoms. The highest BCUT2D eigenvalue weighted by atomic mass is 16.6. The predicted octanol–water partition coefficient (Wildman–Crippen LogP) is 2.66. The zero-order chi connectivity index (χ0) is 16.4. The number of hydrogen-bond acceptors (Lipinski definition) is 5. The summed E-state index contributed by atoms with van der Waals surface area (Å²) in [5, 5.41) is 0. The van der Waals surface area contributed by atoms with Crippen molar-refractivity contribution >= 4 is 6.09 Å². The van der Waals surface area contributed by atoms with E-state index in [0.29, 0.717) is 19.0 Å². The van der Waals surface area contributed by atoms with Gasteiger partial charge in [0.05, 0.1) is 12.2 Å². The largest absolute Gasteiger partial charge is 0.444 e. The van der Waals surface area contributed by atoms with Crippen LogP contribution in [0.4, 0.5) is 4.79 Å². The number of carbonyl (C=O) groups excluding carboxylic acids is 1. The standard InChI is InChI=1S/C17H25N3O3/c1-17(2,3)23-16(21)20-7-4-14-13(11-20)10-18-15(19-14)12-5-8-22-9-6-12/h10,12H,4-9,11H2,1-3H3. The number of carbonyl (C=O) groups is 1. The lowest BCUT2D eigenvalue weighted by Gasteiger charge is -2.31. The molecule has 0 N–H and O–H groups in total. The van der Waals surface area contributed by atoms with Crippen molar-refractivity contribution in [1.29, 1.82) is 0 Å². The molecule has 1 saturated heterocycles. The fraction of sp³-hybridized carbons (Fsp3) is 0.706. The van der Waals surface area contributed by atoms with E-state index >= 15 is 0 Å². The summed E-state index contributed by atoms with van der Waals surface area (Å²) >= 11 is 0. The maximum absolute atomic E-state index is 12.2. The minimum absolute atomic E-state index is 0.267. The summed E-state index contributed by atoms with van der Waals surface area (Å²) in [6.07, 6.45) is 4.35. The number of rotatable bonds is 1. The Balaban J connectivity index is 1.69. The Labute approximate surface area is 137 Å². The molecule has 0 atom stereocenters. The monoisotopic (exact) mass is 319 g/mol. The first kappa shape index (κ1) is 16.2. The third-order valence-corrected chi connectivity index (χ3v) is 4.19. The summed E-state index contributed by atoms with van der Waals surface area (Å²) in [6.45, 7) is 8.39. The fourth-order valence-electron chi connectivity index (χ4n) is 2.97. The first-order valence-corrected chi connectivity index (χ1v) is 8.33. The van der Waals surface area contributed by atoms with E-state index in [-0.39, 0.29) is 6.09 Å². The zero-order valence-electron chi connectivity index (χ0n) is 14.2. The van der Waals surface area contributed by atoms with Crippen LogP contribution in [0.1, 0.15) is 56.6 Å². The molecule has 1 aromatic heterocycles. The van der Waals surface area contributed by atoms with Gasteiger partial charge in [-0.2, -0.15) is 0 Å². The second-order valence-corrected chi connectivity index (χ2v) is 7.24. The van der Waals surface area contributed by atoms with E-state index in [2.05, 4.69) is 4.98 Å². The average molecular weight is 319 g/mol. The lowest BCUT2D eigenvalue weighted by Crippen LogP contribution is -2.40. The van der Waals surface area contributed by atoms with E-state index < -0.39 is 5.60 Å². The third-order valence-electron chi connectivity index (χ3n) is 4.19. The van der Waals surface area contributed by atoms with Crippen LogP contribution in [0.5, 0.6) is 0 Å². The summed E-state index contributed by atoms with van der Waals surface area (Å²) < 4.78 is 10.8. The van der Waals surface area contributed by atoms with Crippen molar-refractivity contribution in [3.8, 4) is 0 Å². The third kappa shape index (κ3) is 3.99. The maximum Gasteiger partial charge on any atom is 0.410 e. The van der Waals surface area contributed by atoms with E-state index in [0.717, 1.165) is 49.6 Å². The van der Waals surface area contributed by atoms with Gasteiger partial charge in [0.1, 0.15) is 11.4 Å². The van der Waals surface area contributed by atoms with E-state index in [4.69, 9.17) is 14.5 Å². The molecule has 6 heteroatoms. The topological polar surface area (TPSA) is 64.5 Å². The predicted molar refractivity (Wildman–Crippen MR) is 85.2 cm³/mol. The highest BCUT2D eigenvalue weighted by Crippen LogP contribution is 2.26. The number of fused-ring (bicyclic) bond motifs is 1. The van der Waals surface area contributed by atoms with Crippen molar-refractivity contribution in [3.05, 3.63) is 23.3 Å². The molecular formula is C17H25N3O3. The number of hydrogen-bond donors (Lipinski definition) is 0. The van der Waals surface area contributed by atoms with Gasteiger partial charge in [0.15, 0.2) is 0 Å². The molecule has 3 heterocycles. The second kappa shape index (κ2) is 6.43. The summed E-state index contributed by atoms with van der Waals surface area (Å²) in [6, 6.07) is 0. The van der Waals surface area contributed by atoms with Crippen molar-refractivity contribution in [2.45, 2.75) is 58.1 Å². The Morgan fingerprint density at radius 1 is 1.35 bits per heavy atom. The molecule has 0 aliphatic carbocycles. The van der Waals surface area contributed by atoms with E-state index in [9.17, 15) is 4.79 Å². The molecule has 1 aromatic rings. The SMILES string of the molecule is CC(C)(C)OC(=O)N1CCc2nc(C3CCOCC3)ncc2C1. The zero-order valence-corrected chi connectivity index (χ0v) is 14.2. The van der Waals surface area contributed by atoms with Crippen LogP contribution >= 0.6 is 0 Å². The van der Waals surface area contributed by atoms with Crippen LogP contribution in [0.3, 0.4) is 0 Å². The van der Waals surface area contributed by atoms with Crippen molar-refractivity contribution < 1.29 is 14.3 Å². The second-order valence-electron chi connectivity index (χ2n) is 7.24. The number of ether oxygens (including phenoxy) is 2. The van der Waals surface area contributed by atoms with Gasteiger partial charge < -0.3 is 14.4 Å². The molecule has 0 unspecified atom stereocenters. The van der Waals surface area contributed by atoms with Crippen molar-refractivity contribution in [2.24, 2.45) is 0 Å². The molecule has 126 valence electrons. The number of aromatic nitrogens is 2. The van der Waals surface area contributed by atoms with Gasteiger partial charge in [0.2, 0.25) is 0 Å². The van der Waals surface area contributed by atoms with E-state index in [1.807, 2.05) is 27.0 Å². The maximum atomic E-state index is 12.2. The quantitative estimate of drug-likeness (QED) is 0.796. The average Bonchev–Trinajstić information content (AvgIpc) is 2.53. The van der Waals surface area contributed by atoms with Crippen LogP contribution in [0.25, 0.3) is 0 Å². The first-order chi connectivity index (χ1) is 10.9. The Morgan fingerprint density at radius 2 is 2.09 bits per heavy atom. The Morgan fingerprint density at radius 3 is 2.78 bits per heavy atom. The molecule has 0 radical (unpaired) electrons. The van der Waals surface area contributed by atoms with Crippen LogP contribution in [-0.4, -0.2) is 46.3 Å². The summed E-state index contributed by atoms with van der Waals surface area (Å²) in [5.41, 5.74) is 1.63. The van der Waals surface area contributed by atoms with Gasteiger partial charge >= 0.3 is 6.09 Å². The lowest BCUT2D eigenvalue weighted by atomic mass is 9.98. The van der Waals surface area contributed by atoms with Gasteiger partial charge in [-0.15, -0.1) is 0 Å². The van der Waals surface area contributed by atoms with Gasteiger partial charge in [-0.25, -0.2) is 14.8 Å².